The molecular formula is C10H11BrO3S. The van der Waals surface area contributed by atoms with Crippen LogP contribution in [0.1, 0.15) is 10.4 Å². The first-order valence-electron chi connectivity index (χ1n) is 4.29. The van der Waals surface area contributed by atoms with E-state index in [4.69, 9.17) is 9.84 Å². The van der Waals surface area contributed by atoms with Crippen LogP contribution in [-0.2, 0) is 4.74 Å². The molecule has 5 heteroatoms. The molecule has 0 unspecified atom stereocenters. The van der Waals surface area contributed by atoms with Crippen molar-refractivity contribution >= 4 is 33.7 Å². The van der Waals surface area contributed by atoms with Crippen LogP contribution in [0.2, 0.25) is 0 Å². The molecule has 0 saturated heterocycles. The molecule has 3 nitrogen and oxygen atoms in total. The van der Waals surface area contributed by atoms with Crippen molar-refractivity contribution in [3.8, 4) is 0 Å². The molecule has 0 aliphatic rings. The third kappa shape index (κ3) is 3.85. The Morgan fingerprint density at radius 3 is 2.93 bits per heavy atom. The third-order valence-electron chi connectivity index (χ3n) is 1.72. The summed E-state index contributed by atoms with van der Waals surface area (Å²) >= 11 is 4.77. The molecule has 0 radical (unpaired) electrons. The maximum Gasteiger partial charge on any atom is 0.336 e. The number of halogens is 1. The molecule has 1 N–H and O–H groups in total. The zero-order chi connectivity index (χ0) is 11.3. The fraction of sp³-hybridized carbons (Fsp3) is 0.300. The van der Waals surface area contributed by atoms with Crippen molar-refractivity contribution in [3.63, 3.8) is 0 Å². The summed E-state index contributed by atoms with van der Waals surface area (Å²) in [5.41, 5.74) is 0.289. The van der Waals surface area contributed by atoms with Crippen molar-refractivity contribution in [1.82, 2.24) is 0 Å². The smallest absolute Gasteiger partial charge is 0.336 e. The van der Waals surface area contributed by atoms with Crippen molar-refractivity contribution in [2.24, 2.45) is 0 Å². The Hall–Kier alpha value is -0.520. The number of carboxylic acid groups (broad SMARTS) is 1. The molecule has 0 aliphatic heterocycles. The van der Waals surface area contributed by atoms with E-state index in [2.05, 4.69) is 15.9 Å². The van der Waals surface area contributed by atoms with E-state index >= 15 is 0 Å². The van der Waals surface area contributed by atoms with E-state index in [1.54, 1.807) is 31.0 Å². The summed E-state index contributed by atoms with van der Waals surface area (Å²) in [7, 11) is 1.64. The summed E-state index contributed by atoms with van der Waals surface area (Å²) in [5, 5.41) is 8.90. The van der Waals surface area contributed by atoms with Gasteiger partial charge in [0.1, 0.15) is 0 Å². The maximum absolute atomic E-state index is 10.8. The minimum absolute atomic E-state index is 0.289. The van der Waals surface area contributed by atoms with Crippen LogP contribution in [0.25, 0.3) is 0 Å². The third-order valence-corrected chi connectivity index (χ3v) is 3.37. The second kappa shape index (κ2) is 6.15. The van der Waals surface area contributed by atoms with Crippen LogP contribution in [-0.4, -0.2) is 30.5 Å². The monoisotopic (exact) mass is 290 g/mol. The number of thioether (sulfide) groups is 1. The van der Waals surface area contributed by atoms with Crippen molar-refractivity contribution in [2.45, 2.75) is 4.90 Å². The number of carbonyl (C=O) groups is 1. The Bertz CT molecular complexity index is 355. The molecule has 0 saturated carbocycles. The van der Waals surface area contributed by atoms with Crippen molar-refractivity contribution in [2.75, 3.05) is 19.5 Å². The molecule has 1 aromatic carbocycles. The number of ether oxygens (including phenoxy) is 1. The predicted octanol–water partition coefficient (Wildman–Crippen LogP) is 2.89. The van der Waals surface area contributed by atoms with Crippen LogP contribution < -0.4 is 0 Å². The number of benzene rings is 1. The lowest BCUT2D eigenvalue weighted by Gasteiger charge is -2.04. The van der Waals surface area contributed by atoms with E-state index in [0.717, 1.165) is 10.6 Å². The highest BCUT2D eigenvalue weighted by molar-refractivity contribution is 9.10. The summed E-state index contributed by atoms with van der Waals surface area (Å²) in [6, 6.07) is 5.29. The van der Waals surface area contributed by atoms with Gasteiger partial charge in [0.25, 0.3) is 0 Å². The lowest BCUT2D eigenvalue weighted by molar-refractivity contribution is 0.0695. The van der Waals surface area contributed by atoms with E-state index in [1.807, 2.05) is 6.07 Å². The Morgan fingerprint density at radius 2 is 2.33 bits per heavy atom. The summed E-state index contributed by atoms with van der Waals surface area (Å²) < 4.78 is 5.52. The van der Waals surface area contributed by atoms with Gasteiger partial charge < -0.3 is 9.84 Å². The normalized spacial score (nSPS) is 10.3. The molecule has 1 aromatic rings. The highest BCUT2D eigenvalue weighted by Crippen LogP contribution is 2.24. The molecule has 0 bridgehead atoms. The number of aromatic carboxylic acids is 1. The van der Waals surface area contributed by atoms with Gasteiger partial charge in [-0.1, -0.05) is 0 Å². The highest BCUT2D eigenvalue weighted by atomic mass is 79.9. The number of hydrogen-bond donors (Lipinski definition) is 1. The summed E-state index contributed by atoms with van der Waals surface area (Å²) in [4.78, 5) is 11.8. The molecule has 82 valence electrons. The predicted molar refractivity (Wildman–Crippen MR) is 63.7 cm³/mol. The minimum Gasteiger partial charge on any atom is -0.478 e. The Kier molecular flexibility index (Phi) is 5.14. The summed E-state index contributed by atoms with van der Waals surface area (Å²) in [6.45, 7) is 0.656. The van der Waals surface area contributed by atoms with Crippen LogP contribution in [0.3, 0.4) is 0 Å². The van der Waals surface area contributed by atoms with Crippen LogP contribution in [0.15, 0.2) is 27.6 Å². The van der Waals surface area contributed by atoms with E-state index in [9.17, 15) is 4.79 Å². The molecule has 15 heavy (non-hydrogen) atoms. The number of carboxylic acids is 1. The van der Waals surface area contributed by atoms with Crippen LogP contribution in [0.4, 0.5) is 0 Å². The van der Waals surface area contributed by atoms with Gasteiger partial charge in [0.05, 0.1) is 12.2 Å². The van der Waals surface area contributed by atoms with Gasteiger partial charge in [-0.2, -0.15) is 0 Å². The fourth-order valence-corrected chi connectivity index (χ4v) is 2.27. The number of methoxy groups -OCH3 is 1. The Morgan fingerprint density at radius 1 is 1.60 bits per heavy atom. The molecule has 0 heterocycles. The van der Waals surface area contributed by atoms with Crippen LogP contribution in [0.5, 0.6) is 0 Å². The van der Waals surface area contributed by atoms with Crippen molar-refractivity contribution in [1.29, 1.82) is 0 Å². The van der Waals surface area contributed by atoms with Gasteiger partial charge in [0, 0.05) is 22.2 Å². The molecule has 0 amide bonds. The van der Waals surface area contributed by atoms with Gasteiger partial charge >= 0.3 is 5.97 Å². The van der Waals surface area contributed by atoms with E-state index in [1.165, 1.54) is 0 Å². The number of rotatable bonds is 5. The maximum atomic E-state index is 10.8. The average Bonchev–Trinajstić information content (AvgIpc) is 2.20. The first-order valence-corrected chi connectivity index (χ1v) is 6.07. The van der Waals surface area contributed by atoms with Crippen LogP contribution in [0, 0.1) is 0 Å². The SMILES string of the molecule is COCCSc1ccc(Br)c(C(=O)O)c1. The zero-order valence-electron chi connectivity index (χ0n) is 8.20. The van der Waals surface area contributed by atoms with E-state index < -0.39 is 5.97 Å². The minimum atomic E-state index is -0.920. The standard InChI is InChI=1S/C10H11BrO3S/c1-14-4-5-15-7-2-3-9(11)8(6-7)10(12)13/h2-3,6H,4-5H2,1H3,(H,12,13). The molecule has 0 atom stereocenters. The van der Waals surface area contributed by atoms with Gasteiger partial charge in [-0.05, 0) is 34.1 Å². The Labute approximate surface area is 101 Å². The first kappa shape index (κ1) is 12.5. The topological polar surface area (TPSA) is 46.5 Å². The molecule has 0 aromatic heterocycles. The zero-order valence-corrected chi connectivity index (χ0v) is 10.6. The van der Waals surface area contributed by atoms with Gasteiger partial charge in [0.15, 0.2) is 0 Å². The van der Waals surface area contributed by atoms with Crippen LogP contribution >= 0.6 is 27.7 Å². The second-order valence-corrected chi connectivity index (χ2v) is 4.81. The average molecular weight is 291 g/mol. The molecule has 0 fully saturated rings. The van der Waals surface area contributed by atoms with E-state index in [-0.39, 0.29) is 5.56 Å². The molecular weight excluding hydrogens is 280 g/mol. The summed E-state index contributed by atoms with van der Waals surface area (Å²) in [6.07, 6.45) is 0. The van der Waals surface area contributed by atoms with Gasteiger partial charge in [-0.3, -0.25) is 0 Å². The fourth-order valence-electron chi connectivity index (χ4n) is 1.00. The van der Waals surface area contributed by atoms with Gasteiger partial charge in [-0.15, -0.1) is 11.8 Å². The molecule has 1 rings (SSSR count). The summed E-state index contributed by atoms with van der Waals surface area (Å²) in [5.74, 6) is -0.104. The van der Waals surface area contributed by atoms with Crippen molar-refractivity contribution < 1.29 is 14.6 Å². The quantitative estimate of drug-likeness (QED) is 0.669. The largest absolute Gasteiger partial charge is 0.478 e. The number of hydrogen-bond acceptors (Lipinski definition) is 3. The lowest BCUT2D eigenvalue weighted by Crippen LogP contribution is -1.98. The van der Waals surface area contributed by atoms with Gasteiger partial charge in [0.2, 0.25) is 0 Å². The second-order valence-electron chi connectivity index (χ2n) is 2.79. The first-order chi connectivity index (χ1) is 7.15. The highest BCUT2D eigenvalue weighted by Gasteiger charge is 2.08. The van der Waals surface area contributed by atoms with Crippen molar-refractivity contribution in [3.05, 3.63) is 28.2 Å². The Balaban J connectivity index is 2.74. The molecule has 0 aliphatic carbocycles. The van der Waals surface area contributed by atoms with E-state index in [0.29, 0.717) is 11.1 Å². The lowest BCUT2D eigenvalue weighted by atomic mass is 10.2. The van der Waals surface area contributed by atoms with Gasteiger partial charge in [-0.25, -0.2) is 4.79 Å². The molecule has 0 spiro atoms.